The van der Waals surface area contributed by atoms with Gasteiger partial charge in [0.15, 0.2) is 0 Å². The smallest absolute Gasteiger partial charge is 0.324 e. The Kier molecular flexibility index (Phi) is 6.02. The van der Waals surface area contributed by atoms with Crippen molar-refractivity contribution >= 4 is 23.2 Å². The number of amides is 2. The Bertz CT molecular complexity index is 837. The third kappa shape index (κ3) is 4.91. The van der Waals surface area contributed by atoms with Crippen LogP contribution in [0.4, 0.5) is 24.5 Å². The van der Waals surface area contributed by atoms with Gasteiger partial charge in [-0.25, -0.2) is 0 Å². The van der Waals surface area contributed by atoms with Crippen LogP contribution in [0.25, 0.3) is 0 Å². The maximum Gasteiger partial charge on any atom is 0.391 e. The van der Waals surface area contributed by atoms with Crippen molar-refractivity contribution in [3.8, 4) is 0 Å². The van der Waals surface area contributed by atoms with E-state index in [-0.39, 0.29) is 18.7 Å². The zero-order valence-electron chi connectivity index (χ0n) is 15.1. The summed E-state index contributed by atoms with van der Waals surface area (Å²) in [5, 5.41) is 5.42. The van der Waals surface area contributed by atoms with Crippen molar-refractivity contribution in [2.24, 2.45) is 11.8 Å². The molecule has 3 rings (SSSR count). The first-order chi connectivity index (χ1) is 13.3. The number of hydrogen-bond donors (Lipinski definition) is 2. The Balaban J connectivity index is 1.69. The molecule has 7 heteroatoms. The van der Waals surface area contributed by atoms with Crippen LogP contribution in [0.2, 0.25) is 0 Å². The van der Waals surface area contributed by atoms with Gasteiger partial charge in [0.1, 0.15) is 0 Å². The summed E-state index contributed by atoms with van der Waals surface area (Å²) in [6, 6.07) is 15.2. The Labute approximate surface area is 161 Å². The summed E-state index contributed by atoms with van der Waals surface area (Å²) < 4.78 is 39.0. The van der Waals surface area contributed by atoms with Crippen LogP contribution in [0.15, 0.2) is 54.6 Å². The molecule has 1 aliphatic carbocycles. The Morgan fingerprint density at radius 2 is 1.46 bits per heavy atom. The third-order valence-corrected chi connectivity index (χ3v) is 4.98. The molecular formula is C21H21F3N2O2. The van der Waals surface area contributed by atoms with Gasteiger partial charge in [-0.1, -0.05) is 36.8 Å². The molecule has 0 aliphatic heterocycles. The SMILES string of the molecule is O=C(Nc1ccccc1NC(=O)C1CCCC(C(F)(F)F)C1)c1ccccc1. The summed E-state index contributed by atoms with van der Waals surface area (Å²) in [4.78, 5) is 24.9. The molecule has 1 aliphatic rings. The van der Waals surface area contributed by atoms with Crippen molar-refractivity contribution in [2.75, 3.05) is 10.6 Å². The van der Waals surface area contributed by atoms with Gasteiger partial charge in [-0.2, -0.15) is 13.2 Å². The first-order valence-corrected chi connectivity index (χ1v) is 9.17. The maximum atomic E-state index is 13.0. The molecule has 2 aromatic carbocycles. The largest absolute Gasteiger partial charge is 0.391 e. The molecule has 1 fully saturated rings. The van der Waals surface area contributed by atoms with Gasteiger partial charge >= 0.3 is 6.18 Å². The first kappa shape index (κ1) is 19.9. The van der Waals surface area contributed by atoms with E-state index in [9.17, 15) is 22.8 Å². The first-order valence-electron chi connectivity index (χ1n) is 9.17. The number of halogens is 3. The summed E-state index contributed by atoms with van der Waals surface area (Å²) in [6.07, 6.45) is -3.61. The highest BCUT2D eigenvalue weighted by Gasteiger charge is 2.43. The quantitative estimate of drug-likeness (QED) is 0.750. The lowest BCUT2D eigenvalue weighted by atomic mass is 9.80. The molecule has 0 bridgehead atoms. The lowest BCUT2D eigenvalue weighted by molar-refractivity contribution is -0.185. The fourth-order valence-electron chi connectivity index (χ4n) is 3.45. The molecule has 0 heterocycles. The minimum atomic E-state index is -4.28. The molecule has 1 saturated carbocycles. The number of carbonyl (C=O) groups is 2. The number of carbonyl (C=O) groups excluding carboxylic acids is 2. The minimum absolute atomic E-state index is 0.0665. The summed E-state index contributed by atoms with van der Waals surface area (Å²) in [6.45, 7) is 0. The van der Waals surface area contributed by atoms with Gasteiger partial charge < -0.3 is 10.6 Å². The van der Waals surface area contributed by atoms with Crippen LogP contribution in [-0.4, -0.2) is 18.0 Å². The van der Waals surface area contributed by atoms with Gasteiger partial charge in [0.25, 0.3) is 5.91 Å². The number of rotatable bonds is 4. The molecule has 2 amide bonds. The monoisotopic (exact) mass is 390 g/mol. The van der Waals surface area contributed by atoms with E-state index in [1.54, 1.807) is 54.6 Å². The van der Waals surface area contributed by atoms with Gasteiger partial charge in [-0.15, -0.1) is 0 Å². The predicted octanol–water partition coefficient (Wildman–Crippen LogP) is 5.25. The summed E-state index contributed by atoms with van der Waals surface area (Å²) >= 11 is 0. The summed E-state index contributed by atoms with van der Waals surface area (Å²) in [5.74, 6) is -2.92. The third-order valence-electron chi connectivity index (χ3n) is 4.98. The van der Waals surface area contributed by atoms with E-state index < -0.39 is 23.9 Å². The summed E-state index contributed by atoms with van der Waals surface area (Å²) in [7, 11) is 0. The van der Waals surface area contributed by atoms with Crippen LogP contribution >= 0.6 is 0 Å². The number of para-hydroxylation sites is 2. The highest BCUT2D eigenvalue weighted by Crippen LogP contribution is 2.40. The molecule has 2 N–H and O–H groups in total. The normalized spacial score (nSPS) is 19.7. The second-order valence-corrected chi connectivity index (χ2v) is 6.96. The Morgan fingerprint density at radius 3 is 2.11 bits per heavy atom. The molecular weight excluding hydrogens is 369 g/mol. The van der Waals surface area contributed by atoms with E-state index >= 15 is 0 Å². The number of alkyl halides is 3. The lowest BCUT2D eigenvalue weighted by Gasteiger charge is -2.29. The van der Waals surface area contributed by atoms with Crippen molar-refractivity contribution in [3.05, 3.63) is 60.2 Å². The van der Waals surface area contributed by atoms with Crippen LogP contribution in [0, 0.1) is 11.8 Å². The molecule has 28 heavy (non-hydrogen) atoms. The maximum absolute atomic E-state index is 13.0. The highest BCUT2D eigenvalue weighted by molar-refractivity contribution is 6.07. The molecule has 0 spiro atoms. The molecule has 2 atom stereocenters. The van der Waals surface area contributed by atoms with Gasteiger partial charge in [0.05, 0.1) is 17.3 Å². The van der Waals surface area contributed by atoms with Gasteiger partial charge in [-0.05, 0) is 43.5 Å². The van der Waals surface area contributed by atoms with Crippen molar-refractivity contribution in [1.82, 2.24) is 0 Å². The van der Waals surface area contributed by atoms with E-state index in [4.69, 9.17) is 0 Å². The molecule has 0 radical (unpaired) electrons. The average Bonchev–Trinajstić information content (AvgIpc) is 2.69. The molecule has 0 saturated heterocycles. The number of anilines is 2. The Morgan fingerprint density at radius 1 is 0.857 bits per heavy atom. The van der Waals surface area contributed by atoms with Gasteiger partial charge in [0, 0.05) is 11.5 Å². The van der Waals surface area contributed by atoms with E-state index in [0.717, 1.165) is 0 Å². The van der Waals surface area contributed by atoms with Crippen LogP contribution < -0.4 is 10.6 Å². The standard InChI is InChI=1S/C21H21F3N2O2/c22-21(23,24)16-10-6-9-15(13-16)20(28)26-18-12-5-4-11-17(18)25-19(27)14-7-2-1-3-8-14/h1-5,7-8,11-12,15-16H,6,9-10,13H2,(H,25,27)(H,26,28). The number of hydrogen-bond acceptors (Lipinski definition) is 2. The number of nitrogens with one attached hydrogen (secondary N) is 2. The Hall–Kier alpha value is -2.83. The summed E-state index contributed by atoms with van der Waals surface area (Å²) in [5.41, 5.74) is 1.22. The minimum Gasteiger partial charge on any atom is -0.324 e. The van der Waals surface area contributed by atoms with E-state index in [1.165, 1.54) is 0 Å². The van der Waals surface area contributed by atoms with Crippen molar-refractivity contribution < 1.29 is 22.8 Å². The number of benzene rings is 2. The zero-order chi connectivity index (χ0) is 20.1. The second kappa shape index (κ2) is 8.46. The van der Waals surface area contributed by atoms with E-state index in [2.05, 4.69) is 10.6 Å². The van der Waals surface area contributed by atoms with Crippen LogP contribution in [0.1, 0.15) is 36.0 Å². The van der Waals surface area contributed by atoms with Gasteiger partial charge in [-0.3, -0.25) is 9.59 Å². The molecule has 4 nitrogen and oxygen atoms in total. The fourth-order valence-corrected chi connectivity index (χ4v) is 3.45. The van der Waals surface area contributed by atoms with Crippen molar-refractivity contribution in [3.63, 3.8) is 0 Å². The molecule has 0 aromatic heterocycles. The molecule has 2 unspecified atom stereocenters. The second-order valence-electron chi connectivity index (χ2n) is 6.96. The zero-order valence-corrected chi connectivity index (χ0v) is 15.1. The molecule has 2 aromatic rings. The van der Waals surface area contributed by atoms with E-state index in [1.807, 2.05) is 0 Å². The van der Waals surface area contributed by atoms with Crippen LogP contribution in [0.3, 0.4) is 0 Å². The van der Waals surface area contributed by atoms with Crippen LogP contribution in [0.5, 0.6) is 0 Å². The average molecular weight is 390 g/mol. The van der Waals surface area contributed by atoms with Gasteiger partial charge in [0.2, 0.25) is 5.91 Å². The van der Waals surface area contributed by atoms with E-state index in [0.29, 0.717) is 29.8 Å². The lowest BCUT2D eigenvalue weighted by Crippen LogP contribution is -2.34. The topological polar surface area (TPSA) is 58.2 Å². The van der Waals surface area contributed by atoms with Crippen molar-refractivity contribution in [2.45, 2.75) is 31.9 Å². The molecule has 148 valence electrons. The highest BCUT2D eigenvalue weighted by atomic mass is 19.4. The van der Waals surface area contributed by atoms with Crippen LogP contribution in [-0.2, 0) is 4.79 Å². The predicted molar refractivity (Wildman–Crippen MR) is 101 cm³/mol. The van der Waals surface area contributed by atoms with Crippen molar-refractivity contribution in [1.29, 1.82) is 0 Å². The fraction of sp³-hybridized carbons (Fsp3) is 0.333.